The average Bonchev–Trinajstić information content (AvgIpc) is 2.39. The number of rotatable bonds is 2. The standard InChI is InChI=1S/C15H15N3O/c1-11-7-8-13-15(16-11)17-14(19)10-18(13)9-12-5-3-2-4-6-12/h2-8H,9-10H2,1H3,(H,16,17,19). The number of anilines is 2. The summed E-state index contributed by atoms with van der Waals surface area (Å²) in [7, 11) is 0. The van der Waals surface area contributed by atoms with Crippen LogP contribution in [0.15, 0.2) is 42.5 Å². The topological polar surface area (TPSA) is 45.2 Å². The highest BCUT2D eigenvalue weighted by molar-refractivity contribution is 5.99. The molecule has 0 bridgehead atoms. The van der Waals surface area contributed by atoms with Crippen LogP contribution < -0.4 is 10.2 Å². The molecular formula is C15H15N3O. The zero-order valence-electron chi connectivity index (χ0n) is 10.8. The van der Waals surface area contributed by atoms with Crippen molar-refractivity contribution < 1.29 is 4.79 Å². The SMILES string of the molecule is Cc1ccc2c(n1)NC(=O)CN2Cc1ccccc1. The fraction of sp³-hybridized carbons (Fsp3) is 0.200. The zero-order chi connectivity index (χ0) is 13.2. The summed E-state index contributed by atoms with van der Waals surface area (Å²) in [5, 5.41) is 2.82. The lowest BCUT2D eigenvalue weighted by atomic mass is 10.1. The summed E-state index contributed by atoms with van der Waals surface area (Å²) in [6.07, 6.45) is 0. The molecule has 0 fully saturated rings. The van der Waals surface area contributed by atoms with Crippen LogP contribution in [-0.2, 0) is 11.3 Å². The Morgan fingerprint density at radius 3 is 2.79 bits per heavy atom. The van der Waals surface area contributed by atoms with Crippen LogP contribution >= 0.6 is 0 Å². The number of carbonyl (C=O) groups excluding carboxylic acids is 1. The minimum atomic E-state index is -0.0125. The van der Waals surface area contributed by atoms with Gasteiger partial charge in [-0.3, -0.25) is 4.79 Å². The van der Waals surface area contributed by atoms with Gasteiger partial charge in [-0.25, -0.2) is 4.98 Å². The fourth-order valence-electron chi connectivity index (χ4n) is 2.27. The van der Waals surface area contributed by atoms with E-state index in [0.717, 1.165) is 11.4 Å². The summed E-state index contributed by atoms with van der Waals surface area (Å²) < 4.78 is 0. The van der Waals surface area contributed by atoms with Gasteiger partial charge in [0.1, 0.15) is 0 Å². The smallest absolute Gasteiger partial charge is 0.245 e. The number of aryl methyl sites for hydroxylation is 1. The molecule has 2 heterocycles. The van der Waals surface area contributed by atoms with Crippen LogP contribution in [-0.4, -0.2) is 17.4 Å². The maximum absolute atomic E-state index is 11.7. The van der Waals surface area contributed by atoms with E-state index in [4.69, 9.17) is 0 Å². The summed E-state index contributed by atoms with van der Waals surface area (Å²) >= 11 is 0. The number of fused-ring (bicyclic) bond motifs is 1. The highest BCUT2D eigenvalue weighted by Crippen LogP contribution is 2.28. The van der Waals surface area contributed by atoms with Gasteiger partial charge in [0, 0.05) is 12.2 Å². The first kappa shape index (κ1) is 11.7. The first-order valence-electron chi connectivity index (χ1n) is 6.29. The molecule has 1 amide bonds. The zero-order valence-corrected chi connectivity index (χ0v) is 10.8. The van der Waals surface area contributed by atoms with Gasteiger partial charge >= 0.3 is 0 Å². The molecule has 1 aromatic carbocycles. The van der Waals surface area contributed by atoms with Gasteiger partial charge in [0.15, 0.2) is 5.82 Å². The molecule has 3 rings (SSSR count). The Labute approximate surface area is 112 Å². The summed E-state index contributed by atoms with van der Waals surface area (Å²) in [5.74, 6) is 0.647. The molecule has 0 aliphatic carbocycles. The number of pyridine rings is 1. The Kier molecular flexibility index (Phi) is 2.91. The van der Waals surface area contributed by atoms with Crippen LogP contribution in [0.2, 0.25) is 0 Å². The van der Waals surface area contributed by atoms with E-state index in [0.29, 0.717) is 18.9 Å². The third-order valence-corrected chi connectivity index (χ3v) is 3.16. The second-order valence-electron chi connectivity index (χ2n) is 4.71. The maximum Gasteiger partial charge on any atom is 0.245 e. The normalized spacial score (nSPS) is 13.9. The Bertz CT molecular complexity index is 610. The molecular weight excluding hydrogens is 238 g/mol. The highest BCUT2D eigenvalue weighted by atomic mass is 16.2. The summed E-state index contributed by atoms with van der Waals surface area (Å²) in [5.41, 5.74) is 3.07. The van der Waals surface area contributed by atoms with Gasteiger partial charge < -0.3 is 10.2 Å². The second kappa shape index (κ2) is 4.72. The predicted molar refractivity (Wildman–Crippen MR) is 75.1 cm³/mol. The van der Waals surface area contributed by atoms with Gasteiger partial charge in [0.05, 0.1) is 12.2 Å². The van der Waals surface area contributed by atoms with Crippen molar-refractivity contribution in [2.45, 2.75) is 13.5 Å². The first-order chi connectivity index (χ1) is 9.22. The number of nitrogens with zero attached hydrogens (tertiary/aromatic N) is 2. The molecule has 0 atom stereocenters. The molecule has 1 aromatic heterocycles. The van der Waals surface area contributed by atoms with Gasteiger partial charge in [0.2, 0.25) is 5.91 Å². The minimum absolute atomic E-state index is 0.0125. The predicted octanol–water partition coefficient (Wildman–Crippen LogP) is 2.35. The number of hydrogen-bond acceptors (Lipinski definition) is 3. The number of hydrogen-bond donors (Lipinski definition) is 1. The van der Waals surface area contributed by atoms with Crippen molar-refractivity contribution >= 4 is 17.4 Å². The van der Waals surface area contributed by atoms with Gasteiger partial charge in [-0.2, -0.15) is 0 Å². The average molecular weight is 253 g/mol. The molecule has 4 heteroatoms. The van der Waals surface area contributed by atoms with E-state index < -0.39 is 0 Å². The number of aromatic nitrogens is 1. The quantitative estimate of drug-likeness (QED) is 0.893. The molecule has 0 saturated heterocycles. The van der Waals surface area contributed by atoms with E-state index in [1.165, 1.54) is 5.56 Å². The van der Waals surface area contributed by atoms with Gasteiger partial charge in [-0.15, -0.1) is 0 Å². The van der Waals surface area contributed by atoms with E-state index in [1.54, 1.807) is 0 Å². The molecule has 0 saturated carbocycles. The van der Waals surface area contributed by atoms with Crippen molar-refractivity contribution in [3.63, 3.8) is 0 Å². The molecule has 1 aliphatic rings. The van der Waals surface area contributed by atoms with Crippen molar-refractivity contribution in [3.8, 4) is 0 Å². The lowest BCUT2D eigenvalue weighted by Crippen LogP contribution is -2.38. The van der Waals surface area contributed by atoms with Crippen molar-refractivity contribution in [3.05, 3.63) is 53.7 Å². The summed E-state index contributed by atoms with van der Waals surface area (Å²) in [6.45, 7) is 3.00. The lowest BCUT2D eigenvalue weighted by Gasteiger charge is -2.30. The molecule has 4 nitrogen and oxygen atoms in total. The molecule has 2 aromatic rings. The largest absolute Gasteiger partial charge is 0.355 e. The Hall–Kier alpha value is -2.36. The Morgan fingerprint density at radius 1 is 1.21 bits per heavy atom. The molecule has 0 radical (unpaired) electrons. The Balaban J connectivity index is 1.93. The highest BCUT2D eigenvalue weighted by Gasteiger charge is 2.22. The van der Waals surface area contributed by atoms with Crippen LogP contribution in [0.4, 0.5) is 11.5 Å². The number of benzene rings is 1. The maximum atomic E-state index is 11.7. The monoisotopic (exact) mass is 253 g/mol. The minimum Gasteiger partial charge on any atom is -0.355 e. The third kappa shape index (κ3) is 2.42. The first-order valence-corrected chi connectivity index (χ1v) is 6.29. The third-order valence-electron chi connectivity index (χ3n) is 3.16. The molecule has 0 unspecified atom stereocenters. The van der Waals surface area contributed by atoms with Crippen LogP contribution in [0.5, 0.6) is 0 Å². The van der Waals surface area contributed by atoms with Crippen molar-refractivity contribution in [2.75, 3.05) is 16.8 Å². The van der Waals surface area contributed by atoms with Crippen molar-refractivity contribution in [1.29, 1.82) is 0 Å². The number of amides is 1. The molecule has 1 aliphatic heterocycles. The van der Waals surface area contributed by atoms with E-state index in [2.05, 4.69) is 27.3 Å². The fourth-order valence-corrected chi connectivity index (χ4v) is 2.27. The van der Waals surface area contributed by atoms with Gasteiger partial charge in [0.25, 0.3) is 0 Å². The van der Waals surface area contributed by atoms with Crippen molar-refractivity contribution in [1.82, 2.24) is 4.98 Å². The van der Waals surface area contributed by atoms with E-state index in [-0.39, 0.29) is 5.91 Å². The van der Waals surface area contributed by atoms with E-state index in [1.807, 2.05) is 37.3 Å². The lowest BCUT2D eigenvalue weighted by molar-refractivity contribution is -0.115. The Morgan fingerprint density at radius 2 is 2.00 bits per heavy atom. The van der Waals surface area contributed by atoms with E-state index >= 15 is 0 Å². The van der Waals surface area contributed by atoms with Crippen LogP contribution in [0.25, 0.3) is 0 Å². The summed E-state index contributed by atoms with van der Waals surface area (Å²) in [6, 6.07) is 14.1. The van der Waals surface area contributed by atoms with Gasteiger partial charge in [-0.1, -0.05) is 30.3 Å². The van der Waals surface area contributed by atoms with Gasteiger partial charge in [-0.05, 0) is 24.6 Å². The number of nitrogens with one attached hydrogen (secondary N) is 1. The molecule has 96 valence electrons. The van der Waals surface area contributed by atoms with Crippen LogP contribution in [0.3, 0.4) is 0 Å². The summed E-state index contributed by atoms with van der Waals surface area (Å²) in [4.78, 5) is 18.2. The molecule has 19 heavy (non-hydrogen) atoms. The van der Waals surface area contributed by atoms with Crippen LogP contribution in [0.1, 0.15) is 11.3 Å². The van der Waals surface area contributed by atoms with E-state index in [9.17, 15) is 4.79 Å². The molecule has 0 spiro atoms. The number of carbonyl (C=O) groups is 1. The second-order valence-corrected chi connectivity index (χ2v) is 4.71. The molecule has 1 N–H and O–H groups in total. The van der Waals surface area contributed by atoms with Crippen molar-refractivity contribution in [2.24, 2.45) is 0 Å². The van der Waals surface area contributed by atoms with Crippen LogP contribution in [0, 0.1) is 6.92 Å².